The van der Waals surface area contributed by atoms with Gasteiger partial charge in [-0.25, -0.2) is 4.79 Å². The van der Waals surface area contributed by atoms with Crippen LogP contribution >= 0.6 is 0 Å². The molecule has 0 radical (unpaired) electrons. The molecule has 2 heterocycles. The maximum Gasteiger partial charge on any atom is 0.330 e. The second-order valence-electron chi connectivity index (χ2n) is 9.69. The molecule has 168 valence electrons. The van der Waals surface area contributed by atoms with Crippen LogP contribution in [0.2, 0.25) is 0 Å². The predicted molar refractivity (Wildman–Crippen MR) is 106 cm³/mol. The molecule has 0 amide bonds. The standard InChI is InChI=1S/C20H30N2O8/c1-18(2,3)15(24)28-10-11-13(30-16(25)19(4,5)6)20(7,27)14(29-11)22-9-8-12(23)21-17(22)26/h8-9,11,13-14,27H,10H2,1-7H3,(H,21,23,26)/t11-,13-,14-,20?/m1/s1. The van der Waals surface area contributed by atoms with Crippen molar-refractivity contribution >= 4 is 11.9 Å². The van der Waals surface area contributed by atoms with Gasteiger partial charge >= 0.3 is 17.6 Å². The summed E-state index contributed by atoms with van der Waals surface area (Å²) < 4.78 is 17.6. The smallest absolute Gasteiger partial charge is 0.330 e. The first-order valence-electron chi connectivity index (χ1n) is 9.63. The number of esters is 2. The number of carbonyl (C=O) groups excluding carboxylic acids is 2. The van der Waals surface area contributed by atoms with Crippen molar-refractivity contribution in [3.8, 4) is 0 Å². The number of aromatic nitrogens is 2. The molecule has 1 aromatic rings. The zero-order valence-corrected chi connectivity index (χ0v) is 18.3. The van der Waals surface area contributed by atoms with Crippen LogP contribution in [-0.4, -0.2) is 51.0 Å². The molecule has 1 aliphatic heterocycles. The molecule has 30 heavy (non-hydrogen) atoms. The van der Waals surface area contributed by atoms with Crippen LogP contribution in [-0.2, 0) is 23.8 Å². The summed E-state index contributed by atoms with van der Waals surface area (Å²) >= 11 is 0. The van der Waals surface area contributed by atoms with Crippen molar-refractivity contribution in [3.63, 3.8) is 0 Å². The van der Waals surface area contributed by atoms with Crippen molar-refractivity contribution in [2.45, 2.75) is 72.5 Å². The van der Waals surface area contributed by atoms with E-state index >= 15 is 0 Å². The SMILES string of the molecule is CC(C)(C)C(=O)OC[C@H]1O[C@@H](n2ccc(=O)[nH]c2=O)C(C)(O)[C@@H]1OC(=O)C(C)(C)C. The molecule has 0 saturated carbocycles. The molecule has 1 unspecified atom stereocenters. The van der Waals surface area contributed by atoms with Crippen LogP contribution in [0.1, 0.15) is 54.7 Å². The zero-order valence-electron chi connectivity index (χ0n) is 18.3. The second kappa shape index (κ2) is 7.99. The van der Waals surface area contributed by atoms with Gasteiger partial charge in [0.1, 0.15) is 18.3 Å². The third kappa shape index (κ3) is 4.99. The third-order valence-corrected chi connectivity index (χ3v) is 4.66. The Hall–Kier alpha value is -2.46. The number of aromatic amines is 1. The lowest BCUT2D eigenvalue weighted by molar-refractivity contribution is -0.175. The van der Waals surface area contributed by atoms with E-state index in [1.165, 1.54) is 13.1 Å². The number of hydrogen-bond acceptors (Lipinski definition) is 8. The minimum Gasteiger partial charge on any atom is -0.462 e. The summed E-state index contributed by atoms with van der Waals surface area (Å²) in [4.78, 5) is 50.4. The fourth-order valence-corrected chi connectivity index (χ4v) is 2.84. The largest absolute Gasteiger partial charge is 0.462 e. The monoisotopic (exact) mass is 426 g/mol. The van der Waals surface area contributed by atoms with Crippen LogP contribution in [0.3, 0.4) is 0 Å². The van der Waals surface area contributed by atoms with Gasteiger partial charge in [-0.15, -0.1) is 0 Å². The van der Waals surface area contributed by atoms with Crippen LogP contribution in [0.5, 0.6) is 0 Å². The fourth-order valence-electron chi connectivity index (χ4n) is 2.84. The number of ether oxygens (including phenoxy) is 3. The molecule has 0 aromatic carbocycles. The maximum atomic E-state index is 12.5. The van der Waals surface area contributed by atoms with Crippen molar-refractivity contribution in [2.24, 2.45) is 10.8 Å². The highest BCUT2D eigenvalue weighted by Gasteiger charge is 2.57. The van der Waals surface area contributed by atoms with Gasteiger partial charge in [-0.3, -0.25) is 23.9 Å². The number of nitrogens with one attached hydrogen (secondary N) is 1. The summed E-state index contributed by atoms with van der Waals surface area (Å²) in [7, 11) is 0. The maximum absolute atomic E-state index is 12.5. The van der Waals surface area contributed by atoms with Crippen molar-refractivity contribution in [3.05, 3.63) is 33.1 Å². The van der Waals surface area contributed by atoms with E-state index in [-0.39, 0.29) is 6.61 Å². The number of aliphatic hydroxyl groups is 1. The molecule has 1 fully saturated rings. The highest BCUT2D eigenvalue weighted by atomic mass is 16.6. The van der Waals surface area contributed by atoms with E-state index in [4.69, 9.17) is 14.2 Å². The van der Waals surface area contributed by atoms with Gasteiger partial charge in [-0.05, 0) is 48.5 Å². The summed E-state index contributed by atoms with van der Waals surface area (Å²) in [5.74, 6) is -1.10. The van der Waals surface area contributed by atoms with Gasteiger partial charge < -0.3 is 19.3 Å². The summed E-state index contributed by atoms with van der Waals surface area (Å²) in [6.07, 6.45) is -2.40. The average molecular weight is 426 g/mol. The number of carbonyl (C=O) groups is 2. The highest BCUT2D eigenvalue weighted by molar-refractivity contribution is 5.76. The number of rotatable bonds is 4. The van der Waals surface area contributed by atoms with Gasteiger partial charge in [0.2, 0.25) is 0 Å². The second-order valence-corrected chi connectivity index (χ2v) is 9.69. The topological polar surface area (TPSA) is 137 Å². The summed E-state index contributed by atoms with van der Waals surface area (Å²) in [5, 5.41) is 11.2. The zero-order chi connectivity index (χ0) is 23.1. The van der Waals surface area contributed by atoms with Crippen molar-refractivity contribution in [2.75, 3.05) is 6.61 Å². The van der Waals surface area contributed by atoms with Crippen LogP contribution in [0.4, 0.5) is 0 Å². The molecule has 2 N–H and O–H groups in total. The average Bonchev–Trinajstić information content (AvgIpc) is 2.82. The Bertz CT molecular complexity index is 916. The van der Waals surface area contributed by atoms with Gasteiger partial charge in [-0.1, -0.05) is 0 Å². The summed E-state index contributed by atoms with van der Waals surface area (Å²) in [5.41, 5.74) is -4.91. The van der Waals surface area contributed by atoms with E-state index in [2.05, 4.69) is 4.98 Å². The van der Waals surface area contributed by atoms with E-state index < -0.39 is 58.1 Å². The summed E-state index contributed by atoms with van der Waals surface area (Å²) in [6, 6.07) is 1.10. The molecular formula is C20H30N2O8. The van der Waals surface area contributed by atoms with E-state index in [0.29, 0.717) is 0 Å². The first-order chi connectivity index (χ1) is 13.5. The van der Waals surface area contributed by atoms with Gasteiger partial charge in [0, 0.05) is 12.3 Å². The fraction of sp³-hybridized carbons (Fsp3) is 0.700. The normalized spacial score (nSPS) is 27.0. The van der Waals surface area contributed by atoms with Crippen molar-refractivity contribution in [1.82, 2.24) is 9.55 Å². The van der Waals surface area contributed by atoms with Gasteiger partial charge in [-0.2, -0.15) is 0 Å². The Labute approximate surface area is 174 Å². The van der Waals surface area contributed by atoms with Crippen LogP contribution in [0.15, 0.2) is 21.9 Å². The number of nitrogens with zero attached hydrogens (tertiary/aromatic N) is 1. The van der Waals surface area contributed by atoms with E-state index in [0.717, 1.165) is 10.6 Å². The lowest BCUT2D eigenvalue weighted by Gasteiger charge is -2.32. The third-order valence-electron chi connectivity index (χ3n) is 4.66. The van der Waals surface area contributed by atoms with Crippen molar-refractivity contribution < 1.29 is 28.9 Å². The Morgan fingerprint density at radius 2 is 1.73 bits per heavy atom. The molecule has 10 nitrogen and oxygen atoms in total. The quantitative estimate of drug-likeness (QED) is 0.673. The molecular weight excluding hydrogens is 396 g/mol. The highest BCUT2D eigenvalue weighted by Crippen LogP contribution is 2.40. The number of hydrogen-bond donors (Lipinski definition) is 2. The van der Waals surface area contributed by atoms with Crippen molar-refractivity contribution in [1.29, 1.82) is 0 Å². The Morgan fingerprint density at radius 1 is 1.17 bits per heavy atom. The Morgan fingerprint density at radius 3 is 2.23 bits per heavy atom. The lowest BCUT2D eigenvalue weighted by atomic mass is 9.93. The molecule has 10 heteroatoms. The Kier molecular flexibility index (Phi) is 6.34. The molecule has 1 saturated heterocycles. The first-order valence-corrected chi connectivity index (χ1v) is 9.63. The van der Waals surface area contributed by atoms with E-state index in [9.17, 15) is 24.3 Å². The molecule has 4 atom stereocenters. The minimum absolute atomic E-state index is 0.303. The predicted octanol–water partition coefficient (Wildman–Crippen LogP) is 0.732. The first kappa shape index (κ1) is 23.8. The van der Waals surface area contributed by atoms with E-state index in [1.807, 2.05) is 0 Å². The molecule has 0 spiro atoms. The minimum atomic E-state index is -1.86. The molecule has 1 aromatic heterocycles. The van der Waals surface area contributed by atoms with Gasteiger partial charge in [0.15, 0.2) is 12.3 Å². The molecule has 0 bridgehead atoms. The van der Waals surface area contributed by atoms with Crippen LogP contribution < -0.4 is 11.2 Å². The molecule has 2 rings (SSSR count). The summed E-state index contributed by atoms with van der Waals surface area (Å²) in [6.45, 7) is 11.0. The van der Waals surface area contributed by atoms with Crippen LogP contribution in [0, 0.1) is 10.8 Å². The van der Waals surface area contributed by atoms with E-state index in [1.54, 1.807) is 41.5 Å². The molecule has 1 aliphatic rings. The van der Waals surface area contributed by atoms with Crippen LogP contribution in [0.25, 0.3) is 0 Å². The lowest BCUT2D eigenvalue weighted by Crippen LogP contribution is -2.50. The van der Waals surface area contributed by atoms with Gasteiger partial charge in [0.05, 0.1) is 10.8 Å². The molecule has 0 aliphatic carbocycles. The Balaban J connectivity index is 2.39. The van der Waals surface area contributed by atoms with Gasteiger partial charge in [0.25, 0.3) is 5.56 Å². The number of H-pyrrole nitrogens is 1.